The molecule has 0 aliphatic rings. The van der Waals surface area contributed by atoms with E-state index >= 15 is 0 Å². The van der Waals surface area contributed by atoms with E-state index in [1.807, 2.05) is 0 Å². The van der Waals surface area contributed by atoms with Gasteiger partial charge in [-0.15, -0.1) is 0 Å². The van der Waals surface area contributed by atoms with E-state index in [1.54, 1.807) is 24.3 Å². The van der Waals surface area contributed by atoms with Gasteiger partial charge in [-0.1, -0.05) is 12.1 Å². The van der Waals surface area contributed by atoms with E-state index < -0.39 is 11.6 Å². The third kappa shape index (κ3) is 2.79. The molecule has 0 atom stereocenters. The highest BCUT2D eigenvalue weighted by atomic mass is 19.1. The second-order valence-electron chi connectivity index (χ2n) is 3.52. The summed E-state index contributed by atoms with van der Waals surface area (Å²) in [4.78, 5) is 0. The Bertz CT molecular complexity index is 511. The summed E-state index contributed by atoms with van der Waals surface area (Å²) in [6, 6.07) is 9.93. The van der Waals surface area contributed by atoms with Crippen molar-refractivity contribution >= 4 is 0 Å². The van der Waals surface area contributed by atoms with Gasteiger partial charge in [0.15, 0.2) is 11.6 Å². The van der Waals surface area contributed by atoms with Crippen LogP contribution in [0.3, 0.4) is 0 Å². The first-order valence-corrected chi connectivity index (χ1v) is 5.11. The molecule has 88 valence electrons. The summed E-state index contributed by atoms with van der Waals surface area (Å²) in [5, 5.41) is 0. The summed E-state index contributed by atoms with van der Waals surface area (Å²) < 4.78 is 31.4. The average molecular weight is 235 g/mol. The second-order valence-corrected chi connectivity index (χ2v) is 3.52. The zero-order valence-electron chi connectivity index (χ0n) is 8.99. The summed E-state index contributed by atoms with van der Waals surface area (Å²) in [5.74, 6) is -0.841. The molecule has 0 amide bonds. The van der Waals surface area contributed by atoms with Crippen molar-refractivity contribution in [2.24, 2.45) is 5.73 Å². The van der Waals surface area contributed by atoms with Crippen molar-refractivity contribution in [1.29, 1.82) is 0 Å². The van der Waals surface area contributed by atoms with E-state index in [0.29, 0.717) is 12.3 Å². The fraction of sp³-hybridized carbons (Fsp3) is 0.0769. The van der Waals surface area contributed by atoms with Crippen LogP contribution in [-0.4, -0.2) is 0 Å². The van der Waals surface area contributed by atoms with Crippen LogP contribution in [0.15, 0.2) is 42.5 Å². The number of rotatable bonds is 3. The zero-order valence-corrected chi connectivity index (χ0v) is 8.99. The largest absolute Gasteiger partial charge is 0.454 e. The minimum absolute atomic E-state index is 0.134. The van der Waals surface area contributed by atoms with Crippen LogP contribution in [0.25, 0.3) is 0 Å². The molecule has 0 radical (unpaired) electrons. The summed E-state index contributed by atoms with van der Waals surface area (Å²) in [5.41, 5.74) is 6.39. The van der Waals surface area contributed by atoms with Crippen molar-refractivity contribution in [3.05, 3.63) is 59.7 Å². The van der Waals surface area contributed by atoms with Crippen molar-refractivity contribution in [1.82, 2.24) is 0 Å². The average Bonchev–Trinajstić information content (AvgIpc) is 2.35. The Kier molecular flexibility index (Phi) is 3.35. The van der Waals surface area contributed by atoms with Crippen LogP contribution in [0.2, 0.25) is 0 Å². The molecule has 0 saturated carbocycles. The van der Waals surface area contributed by atoms with Gasteiger partial charge in [-0.2, -0.15) is 0 Å². The van der Waals surface area contributed by atoms with Gasteiger partial charge in [0.1, 0.15) is 11.6 Å². The predicted molar refractivity (Wildman–Crippen MR) is 60.8 cm³/mol. The standard InChI is InChI=1S/C13H11F2NO/c14-10-3-6-12(15)13(7-10)17-11-4-1-9(8-16)2-5-11/h1-7H,8,16H2. The number of halogens is 2. The molecule has 2 aromatic carbocycles. The van der Waals surface area contributed by atoms with Crippen molar-refractivity contribution in [3.8, 4) is 11.5 Å². The number of ether oxygens (including phenoxy) is 1. The van der Waals surface area contributed by atoms with Gasteiger partial charge in [0.05, 0.1) is 0 Å². The Labute approximate surface area is 97.6 Å². The Morgan fingerprint density at radius 1 is 1.00 bits per heavy atom. The van der Waals surface area contributed by atoms with Crippen molar-refractivity contribution in [2.75, 3.05) is 0 Å². The molecule has 2 aromatic rings. The molecule has 2 N–H and O–H groups in total. The second kappa shape index (κ2) is 4.93. The monoisotopic (exact) mass is 235 g/mol. The van der Waals surface area contributed by atoms with Crippen LogP contribution in [0.1, 0.15) is 5.56 Å². The Hall–Kier alpha value is -1.94. The number of nitrogens with two attached hydrogens (primary N) is 1. The predicted octanol–water partition coefficient (Wildman–Crippen LogP) is 3.22. The minimum Gasteiger partial charge on any atom is -0.454 e. The highest BCUT2D eigenvalue weighted by Crippen LogP contribution is 2.25. The maximum Gasteiger partial charge on any atom is 0.165 e. The van der Waals surface area contributed by atoms with Gasteiger partial charge in [-0.25, -0.2) is 8.78 Å². The fourth-order valence-corrected chi connectivity index (χ4v) is 1.38. The van der Waals surface area contributed by atoms with Gasteiger partial charge >= 0.3 is 0 Å². The van der Waals surface area contributed by atoms with E-state index in [4.69, 9.17) is 10.5 Å². The first-order valence-electron chi connectivity index (χ1n) is 5.11. The lowest BCUT2D eigenvalue weighted by atomic mass is 10.2. The van der Waals surface area contributed by atoms with Gasteiger partial charge in [0.2, 0.25) is 0 Å². The van der Waals surface area contributed by atoms with Gasteiger partial charge in [0, 0.05) is 12.6 Å². The normalized spacial score (nSPS) is 10.3. The first kappa shape index (κ1) is 11.5. The SMILES string of the molecule is NCc1ccc(Oc2cc(F)ccc2F)cc1. The molecule has 4 heteroatoms. The highest BCUT2D eigenvalue weighted by Gasteiger charge is 2.06. The van der Waals surface area contributed by atoms with Crippen molar-refractivity contribution < 1.29 is 13.5 Å². The van der Waals surface area contributed by atoms with Crippen LogP contribution < -0.4 is 10.5 Å². The minimum atomic E-state index is -0.602. The van der Waals surface area contributed by atoms with Crippen LogP contribution >= 0.6 is 0 Å². The van der Waals surface area contributed by atoms with Crippen LogP contribution in [0.5, 0.6) is 11.5 Å². The van der Waals surface area contributed by atoms with E-state index in [9.17, 15) is 8.78 Å². The summed E-state index contributed by atoms with van der Waals surface area (Å²) in [7, 11) is 0. The lowest BCUT2D eigenvalue weighted by Gasteiger charge is -2.07. The molecule has 0 aliphatic carbocycles. The number of hydrogen-bond donors (Lipinski definition) is 1. The third-order valence-corrected chi connectivity index (χ3v) is 2.28. The van der Waals surface area contributed by atoms with Crippen molar-refractivity contribution in [3.63, 3.8) is 0 Å². The van der Waals surface area contributed by atoms with Gasteiger partial charge in [-0.3, -0.25) is 0 Å². The highest BCUT2D eigenvalue weighted by molar-refractivity contribution is 5.34. The molecule has 2 rings (SSSR count). The Balaban J connectivity index is 2.22. The smallest absolute Gasteiger partial charge is 0.165 e. The Morgan fingerprint density at radius 3 is 2.35 bits per heavy atom. The van der Waals surface area contributed by atoms with Crippen LogP contribution in [-0.2, 0) is 6.54 Å². The summed E-state index contributed by atoms with van der Waals surface area (Å²) in [6.45, 7) is 0.425. The molecule has 0 bridgehead atoms. The molecule has 0 heterocycles. The molecule has 0 unspecified atom stereocenters. The molecular weight excluding hydrogens is 224 g/mol. The molecule has 2 nitrogen and oxygen atoms in total. The van der Waals surface area contributed by atoms with Gasteiger partial charge in [0.25, 0.3) is 0 Å². The lowest BCUT2D eigenvalue weighted by molar-refractivity contribution is 0.436. The lowest BCUT2D eigenvalue weighted by Crippen LogP contribution is -1.95. The van der Waals surface area contributed by atoms with E-state index in [1.165, 1.54) is 0 Å². The quantitative estimate of drug-likeness (QED) is 0.886. The summed E-state index contributed by atoms with van der Waals surface area (Å²) >= 11 is 0. The van der Waals surface area contributed by atoms with Crippen molar-refractivity contribution in [2.45, 2.75) is 6.54 Å². The molecule has 0 aromatic heterocycles. The molecule has 0 spiro atoms. The van der Waals surface area contributed by atoms with Gasteiger partial charge < -0.3 is 10.5 Å². The Morgan fingerprint density at radius 2 is 1.71 bits per heavy atom. The van der Waals surface area contributed by atoms with E-state index in [0.717, 1.165) is 23.8 Å². The molecule has 17 heavy (non-hydrogen) atoms. The third-order valence-electron chi connectivity index (χ3n) is 2.28. The van der Waals surface area contributed by atoms with E-state index in [2.05, 4.69) is 0 Å². The molecular formula is C13H11F2NO. The maximum absolute atomic E-state index is 13.3. The van der Waals surface area contributed by atoms with Crippen LogP contribution in [0.4, 0.5) is 8.78 Å². The van der Waals surface area contributed by atoms with E-state index in [-0.39, 0.29) is 5.75 Å². The number of hydrogen-bond acceptors (Lipinski definition) is 2. The molecule has 0 saturated heterocycles. The number of benzene rings is 2. The molecule has 0 fully saturated rings. The zero-order chi connectivity index (χ0) is 12.3. The van der Waals surface area contributed by atoms with Gasteiger partial charge in [-0.05, 0) is 29.8 Å². The summed E-state index contributed by atoms with van der Waals surface area (Å²) in [6.07, 6.45) is 0. The first-order chi connectivity index (χ1) is 8.19. The fourth-order valence-electron chi connectivity index (χ4n) is 1.38. The molecule has 0 aliphatic heterocycles. The maximum atomic E-state index is 13.3. The topological polar surface area (TPSA) is 35.2 Å². The van der Waals surface area contributed by atoms with Crippen LogP contribution in [0, 0.1) is 11.6 Å².